The number of nitrogens with one attached hydrogen (secondary N) is 1. The predicted octanol–water partition coefficient (Wildman–Crippen LogP) is 3.67. The Balaban J connectivity index is 1.83. The fourth-order valence-corrected chi connectivity index (χ4v) is 3.94. The molecule has 2 fully saturated rings. The van der Waals surface area contributed by atoms with E-state index < -0.39 is 0 Å². The van der Waals surface area contributed by atoms with E-state index in [1.165, 1.54) is 71.0 Å². The van der Waals surface area contributed by atoms with Crippen molar-refractivity contribution in [2.45, 2.75) is 71.3 Å². The summed E-state index contributed by atoms with van der Waals surface area (Å²) in [6.45, 7) is 8.84. The lowest BCUT2D eigenvalue weighted by Crippen LogP contribution is -2.45. The van der Waals surface area contributed by atoms with Crippen LogP contribution in [0, 0.1) is 11.3 Å². The summed E-state index contributed by atoms with van der Waals surface area (Å²) in [5.74, 6) is 0.887. The Kier molecular flexibility index (Phi) is 5.70. The molecule has 2 rings (SSSR count). The third-order valence-corrected chi connectivity index (χ3v) is 5.94. The van der Waals surface area contributed by atoms with Crippen molar-refractivity contribution in [3.05, 3.63) is 0 Å². The molecule has 1 saturated carbocycles. The molecule has 0 radical (unpaired) electrons. The van der Waals surface area contributed by atoms with Crippen LogP contribution in [0.15, 0.2) is 0 Å². The maximum atomic E-state index is 3.58. The lowest BCUT2D eigenvalue weighted by molar-refractivity contribution is 0.0932. The van der Waals surface area contributed by atoms with Gasteiger partial charge in [0, 0.05) is 12.6 Å². The minimum absolute atomic E-state index is 0.627. The molecule has 2 unspecified atom stereocenters. The van der Waals surface area contributed by atoms with Crippen molar-refractivity contribution in [2.24, 2.45) is 11.3 Å². The van der Waals surface area contributed by atoms with Crippen molar-refractivity contribution in [3.63, 3.8) is 0 Å². The molecule has 1 aliphatic carbocycles. The third kappa shape index (κ3) is 4.19. The zero-order valence-electron chi connectivity index (χ0n) is 13.4. The topological polar surface area (TPSA) is 15.3 Å². The van der Waals surface area contributed by atoms with Gasteiger partial charge in [0.15, 0.2) is 0 Å². The summed E-state index contributed by atoms with van der Waals surface area (Å²) in [5.41, 5.74) is 0.627. The molecule has 1 heterocycles. The summed E-state index contributed by atoms with van der Waals surface area (Å²) in [6.07, 6.45) is 11.3. The average Bonchev–Trinajstić information content (AvgIpc) is 2.66. The van der Waals surface area contributed by atoms with Gasteiger partial charge in [-0.3, -0.25) is 0 Å². The number of nitrogens with zero attached hydrogens (tertiary/aromatic N) is 1. The minimum Gasteiger partial charge on any atom is -0.317 e. The normalized spacial score (nSPS) is 33.0. The van der Waals surface area contributed by atoms with Crippen molar-refractivity contribution in [2.75, 3.05) is 26.7 Å². The van der Waals surface area contributed by atoms with Gasteiger partial charge in [0.05, 0.1) is 0 Å². The molecule has 2 nitrogen and oxygen atoms in total. The lowest BCUT2D eigenvalue weighted by Gasteiger charge is -2.41. The van der Waals surface area contributed by atoms with Crippen LogP contribution in [0.4, 0.5) is 0 Å². The first-order valence-corrected chi connectivity index (χ1v) is 8.56. The van der Waals surface area contributed by atoms with E-state index >= 15 is 0 Å². The Morgan fingerprint density at radius 1 is 1.11 bits per heavy atom. The Morgan fingerprint density at radius 2 is 1.79 bits per heavy atom. The average molecular weight is 266 g/mol. The van der Waals surface area contributed by atoms with Gasteiger partial charge < -0.3 is 10.2 Å². The molecule has 0 aromatic rings. The van der Waals surface area contributed by atoms with E-state index in [-0.39, 0.29) is 0 Å². The molecule has 0 amide bonds. The Morgan fingerprint density at radius 3 is 2.42 bits per heavy atom. The molecule has 2 atom stereocenters. The largest absolute Gasteiger partial charge is 0.317 e. The van der Waals surface area contributed by atoms with Crippen LogP contribution in [-0.2, 0) is 0 Å². The highest BCUT2D eigenvalue weighted by Gasteiger charge is 2.30. The monoisotopic (exact) mass is 266 g/mol. The SMILES string of the molecule is CCC1(C)CCN(CC2CCCCCC2NC)CC1. The summed E-state index contributed by atoms with van der Waals surface area (Å²) < 4.78 is 0. The molecule has 19 heavy (non-hydrogen) atoms. The highest BCUT2D eigenvalue weighted by atomic mass is 15.1. The Hall–Kier alpha value is -0.0800. The first-order chi connectivity index (χ1) is 9.17. The quantitative estimate of drug-likeness (QED) is 0.781. The fraction of sp³-hybridized carbons (Fsp3) is 1.00. The maximum absolute atomic E-state index is 3.58. The van der Waals surface area contributed by atoms with Crippen LogP contribution in [0.25, 0.3) is 0 Å². The molecule has 1 saturated heterocycles. The summed E-state index contributed by atoms with van der Waals surface area (Å²) >= 11 is 0. The summed E-state index contributed by atoms with van der Waals surface area (Å²) in [6, 6.07) is 0.766. The molecule has 0 aromatic heterocycles. The number of likely N-dealkylation sites (tertiary alicyclic amines) is 1. The molecule has 2 heteroatoms. The van der Waals surface area contributed by atoms with Gasteiger partial charge in [0.2, 0.25) is 0 Å². The lowest BCUT2D eigenvalue weighted by atomic mass is 9.78. The zero-order chi connectivity index (χ0) is 13.7. The van der Waals surface area contributed by atoms with Gasteiger partial charge in [-0.15, -0.1) is 0 Å². The molecular weight excluding hydrogens is 232 g/mol. The fourth-order valence-electron chi connectivity index (χ4n) is 3.94. The van der Waals surface area contributed by atoms with Crippen LogP contribution in [0.5, 0.6) is 0 Å². The Bertz CT molecular complexity index is 256. The van der Waals surface area contributed by atoms with Crippen LogP contribution >= 0.6 is 0 Å². The van der Waals surface area contributed by atoms with Gasteiger partial charge in [-0.25, -0.2) is 0 Å². The van der Waals surface area contributed by atoms with Crippen LogP contribution < -0.4 is 5.32 Å². The van der Waals surface area contributed by atoms with E-state index in [0.29, 0.717) is 5.41 Å². The third-order valence-electron chi connectivity index (χ3n) is 5.94. The van der Waals surface area contributed by atoms with Crippen molar-refractivity contribution in [1.82, 2.24) is 10.2 Å². The molecule has 0 bridgehead atoms. The standard InChI is InChI=1S/C17H34N2/c1-4-17(2)10-12-19(13-11-17)14-15-8-6-5-7-9-16(15)18-3/h15-16,18H,4-14H2,1-3H3. The minimum atomic E-state index is 0.627. The van der Waals surface area contributed by atoms with Gasteiger partial charge in [0.1, 0.15) is 0 Å². The van der Waals surface area contributed by atoms with Crippen LogP contribution in [0.2, 0.25) is 0 Å². The second-order valence-electron chi connectivity index (χ2n) is 7.26. The molecule has 0 aromatic carbocycles. The molecule has 1 aliphatic heterocycles. The van der Waals surface area contributed by atoms with E-state index in [4.69, 9.17) is 0 Å². The molecule has 2 aliphatic rings. The van der Waals surface area contributed by atoms with Crippen LogP contribution in [-0.4, -0.2) is 37.6 Å². The smallest absolute Gasteiger partial charge is 0.0104 e. The van der Waals surface area contributed by atoms with Gasteiger partial charge in [-0.1, -0.05) is 39.5 Å². The van der Waals surface area contributed by atoms with Crippen molar-refractivity contribution in [3.8, 4) is 0 Å². The summed E-state index contributed by atoms with van der Waals surface area (Å²) in [5, 5.41) is 3.58. The van der Waals surface area contributed by atoms with Crippen molar-refractivity contribution >= 4 is 0 Å². The molecular formula is C17H34N2. The molecule has 1 N–H and O–H groups in total. The number of hydrogen-bond donors (Lipinski definition) is 1. The number of hydrogen-bond acceptors (Lipinski definition) is 2. The van der Waals surface area contributed by atoms with Gasteiger partial charge >= 0.3 is 0 Å². The zero-order valence-corrected chi connectivity index (χ0v) is 13.4. The summed E-state index contributed by atoms with van der Waals surface area (Å²) in [7, 11) is 2.16. The van der Waals surface area contributed by atoms with Crippen LogP contribution in [0.1, 0.15) is 65.2 Å². The van der Waals surface area contributed by atoms with E-state index in [1.54, 1.807) is 0 Å². The number of rotatable bonds is 4. The van der Waals surface area contributed by atoms with E-state index in [9.17, 15) is 0 Å². The van der Waals surface area contributed by atoms with Crippen molar-refractivity contribution < 1.29 is 0 Å². The molecule has 0 spiro atoms. The van der Waals surface area contributed by atoms with E-state index in [2.05, 4.69) is 31.1 Å². The first kappa shape index (κ1) is 15.3. The summed E-state index contributed by atoms with van der Waals surface area (Å²) in [4.78, 5) is 2.75. The highest BCUT2D eigenvalue weighted by Crippen LogP contribution is 2.35. The Labute approximate surface area is 120 Å². The number of piperidine rings is 1. The maximum Gasteiger partial charge on any atom is 0.0104 e. The van der Waals surface area contributed by atoms with Crippen LogP contribution in [0.3, 0.4) is 0 Å². The van der Waals surface area contributed by atoms with Gasteiger partial charge in [-0.05, 0) is 57.2 Å². The second kappa shape index (κ2) is 7.08. The van der Waals surface area contributed by atoms with E-state index in [1.807, 2.05) is 0 Å². The molecule has 112 valence electrons. The van der Waals surface area contributed by atoms with Gasteiger partial charge in [-0.2, -0.15) is 0 Å². The second-order valence-corrected chi connectivity index (χ2v) is 7.26. The predicted molar refractivity (Wildman–Crippen MR) is 83.5 cm³/mol. The highest BCUT2D eigenvalue weighted by molar-refractivity contribution is 4.85. The van der Waals surface area contributed by atoms with Gasteiger partial charge in [0.25, 0.3) is 0 Å². The van der Waals surface area contributed by atoms with E-state index in [0.717, 1.165) is 12.0 Å². The van der Waals surface area contributed by atoms with Crippen molar-refractivity contribution in [1.29, 1.82) is 0 Å². The first-order valence-electron chi connectivity index (χ1n) is 8.56.